The molecule has 0 N–H and O–H groups in total. The zero-order valence-electron chi connectivity index (χ0n) is 11.9. The lowest BCUT2D eigenvalue weighted by molar-refractivity contribution is 0.339. The largest absolute Gasteiger partial charge is 0.479 e. The first-order chi connectivity index (χ1) is 8.92. The number of hydrogen-bond donors (Lipinski definition) is 0. The van der Waals surface area contributed by atoms with E-state index in [2.05, 4.69) is 40.3 Å². The molecule has 5 nitrogen and oxygen atoms in total. The molecule has 2 aromatic rings. The van der Waals surface area contributed by atoms with E-state index in [1.165, 1.54) is 6.33 Å². The second-order valence-electron chi connectivity index (χ2n) is 5.14. The Morgan fingerprint density at radius 2 is 2.11 bits per heavy atom. The summed E-state index contributed by atoms with van der Waals surface area (Å²) in [6.07, 6.45) is 2.44. The Morgan fingerprint density at radius 1 is 1.42 bits per heavy atom. The van der Waals surface area contributed by atoms with E-state index in [9.17, 15) is 0 Å². The molecule has 0 aliphatic heterocycles. The van der Waals surface area contributed by atoms with Crippen LogP contribution in [0.4, 0.5) is 0 Å². The molecular formula is C13H19ClN4O. The molecule has 2 aromatic heterocycles. The number of ether oxygens (including phenoxy) is 1. The number of imidazole rings is 1. The van der Waals surface area contributed by atoms with Crippen molar-refractivity contribution in [2.45, 2.75) is 45.0 Å². The van der Waals surface area contributed by atoms with Gasteiger partial charge in [-0.3, -0.25) is 0 Å². The van der Waals surface area contributed by atoms with Crippen molar-refractivity contribution in [3.63, 3.8) is 0 Å². The third kappa shape index (κ3) is 2.27. The van der Waals surface area contributed by atoms with Gasteiger partial charge in [0.15, 0.2) is 11.2 Å². The van der Waals surface area contributed by atoms with E-state index in [1.807, 2.05) is 6.92 Å². The van der Waals surface area contributed by atoms with E-state index in [4.69, 9.17) is 16.3 Å². The van der Waals surface area contributed by atoms with E-state index in [0.717, 1.165) is 17.9 Å². The molecule has 104 valence electrons. The van der Waals surface area contributed by atoms with Crippen LogP contribution in [0.25, 0.3) is 11.2 Å². The molecule has 6 heteroatoms. The molecule has 0 radical (unpaired) electrons. The number of rotatable bonds is 4. The van der Waals surface area contributed by atoms with Crippen LogP contribution < -0.4 is 4.74 Å². The molecule has 0 fully saturated rings. The summed E-state index contributed by atoms with van der Waals surface area (Å²) in [5.41, 5.74) is 1.31. The highest BCUT2D eigenvalue weighted by atomic mass is 35.5. The average molecular weight is 283 g/mol. The summed E-state index contributed by atoms with van der Waals surface area (Å²) in [5.74, 6) is 1.27. The topological polar surface area (TPSA) is 52.8 Å². The molecule has 0 amide bonds. The van der Waals surface area contributed by atoms with Crippen molar-refractivity contribution in [1.82, 2.24) is 19.5 Å². The molecule has 2 heterocycles. The van der Waals surface area contributed by atoms with Crippen molar-refractivity contribution in [3.8, 4) is 5.88 Å². The summed E-state index contributed by atoms with van der Waals surface area (Å²) in [4.78, 5) is 13.0. The normalized spacial score (nSPS) is 13.8. The van der Waals surface area contributed by atoms with Crippen molar-refractivity contribution in [1.29, 1.82) is 0 Å². The fourth-order valence-corrected chi connectivity index (χ4v) is 2.21. The van der Waals surface area contributed by atoms with Gasteiger partial charge < -0.3 is 9.30 Å². The first-order valence-corrected chi connectivity index (χ1v) is 6.78. The molecule has 0 saturated heterocycles. The van der Waals surface area contributed by atoms with Crippen LogP contribution in [0.2, 0.25) is 0 Å². The minimum atomic E-state index is -0.204. The van der Waals surface area contributed by atoms with E-state index in [0.29, 0.717) is 11.4 Å². The number of aromatic nitrogens is 4. The fraction of sp³-hybridized carbons (Fsp3) is 0.615. The summed E-state index contributed by atoms with van der Waals surface area (Å²) in [6.45, 7) is 8.33. The molecule has 0 saturated carbocycles. The molecule has 19 heavy (non-hydrogen) atoms. The third-order valence-electron chi connectivity index (χ3n) is 3.46. The lowest BCUT2D eigenvalue weighted by Crippen LogP contribution is -2.27. The number of nitrogens with zero attached hydrogens (tertiary/aromatic N) is 4. The monoisotopic (exact) mass is 282 g/mol. The van der Waals surface area contributed by atoms with Gasteiger partial charge in [0.2, 0.25) is 5.88 Å². The minimum Gasteiger partial charge on any atom is -0.479 e. The van der Waals surface area contributed by atoms with Crippen LogP contribution in [-0.4, -0.2) is 26.6 Å². The standard InChI is InChI=1S/C13H19ClN4O/c1-6-13(3,4)18-10(8(2)14)17-9-11(18)15-7-16-12(9)19-5/h7-8H,6H2,1-5H3. The molecule has 1 atom stereocenters. The fourth-order valence-electron chi connectivity index (χ4n) is 2.06. The number of halogens is 1. The molecule has 0 aliphatic carbocycles. The molecule has 1 unspecified atom stereocenters. The summed E-state index contributed by atoms with van der Waals surface area (Å²) in [5, 5.41) is -0.204. The molecule has 2 rings (SSSR count). The van der Waals surface area contributed by atoms with Gasteiger partial charge in [0.25, 0.3) is 0 Å². The van der Waals surface area contributed by atoms with Crippen LogP contribution in [0, 0.1) is 0 Å². The van der Waals surface area contributed by atoms with Crippen LogP contribution in [0.3, 0.4) is 0 Å². The summed E-state index contributed by atoms with van der Waals surface area (Å²) < 4.78 is 7.34. The van der Waals surface area contributed by atoms with Gasteiger partial charge in [0.1, 0.15) is 12.2 Å². The maximum Gasteiger partial charge on any atom is 0.245 e. The third-order valence-corrected chi connectivity index (χ3v) is 3.65. The molecular weight excluding hydrogens is 264 g/mol. The van der Waals surface area contributed by atoms with Gasteiger partial charge in [0, 0.05) is 5.54 Å². The van der Waals surface area contributed by atoms with Crippen molar-refractivity contribution in [2.24, 2.45) is 0 Å². The van der Waals surface area contributed by atoms with Gasteiger partial charge in [-0.2, -0.15) is 4.98 Å². The second-order valence-corrected chi connectivity index (χ2v) is 5.80. The van der Waals surface area contributed by atoms with Gasteiger partial charge in [0.05, 0.1) is 12.5 Å². The van der Waals surface area contributed by atoms with Gasteiger partial charge in [-0.25, -0.2) is 9.97 Å². The number of methoxy groups -OCH3 is 1. The molecule has 0 bridgehead atoms. The SMILES string of the molecule is CCC(C)(C)n1c(C(C)Cl)nc2c(OC)ncnc21. The first-order valence-electron chi connectivity index (χ1n) is 6.34. The predicted octanol–water partition coefficient (Wildman–Crippen LogP) is 3.28. The van der Waals surface area contributed by atoms with Crippen molar-refractivity contribution < 1.29 is 4.74 Å². The quantitative estimate of drug-likeness (QED) is 0.808. The summed E-state index contributed by atoms with van der Waals surface area (Å²) in [7, 11) is 1.58. The minimum absolute atomic E-state index is 0.118. The van der Waals surface area contributed by atoms with E-state index in [1.54, 1.807) is 7.11 Å². The van der Waals surface area contributed by atoms with Gasteiger partial charge in [-0.15, -0.1) is 11.6 Å². The lowest BCUT2D eigenvalue weighted by atomic mass is 10.0. The van der Waals surface area contributed by atoms with E-state index >= 15 is 0 Å². The van der Waals surface area contributed by atoms with Crippen molar-refractivity contribution >= 4 is 22.8 Å². The molecule has 0 spiro atoms. The van der Waals surface area contributed by atoms with E-state index in [-0.39, 0.29) is 10.9 Å². The Kier molecular flexibility index (Phi) is 3.67. The van der Waals surface area contributed by atoms with Crippen LogP contribution in [0.15, 0.2) is 6.33 Å². The van der Waals surface area contributed by atoms with Gasteiger partial charge >= 0.3 is 0 Å². The highest BCUT2D eigenvalue weighted by Crippen LogP contribution is 2.33. The molecule has 0 aliphatic rings. The maximum atomic E-state index is 6.27. The average Bonchev–Trinajstić information content (AvgIpc) is 2.78. The Bertz CT molecular complexity index is 592. The lowest BCUT2D eigenvalue weighted by Gasteiger charge is -2.28. The van der Waals surface area contributed by atoms with Crippen LogP contribution >= 0.6 is 11.6 Å². The van der Waals surface area contributed by atoms with Crippen LogP contribution in [0.5, 0.6) is 5.88 Å². The smallest absolute Gasteiger partial charge is 0.245 e. The zero-order valence-corrected chi connectivity index (χ0v) is 12.7. The highest BCUT2D eigenvalue weighted by molar-refractivity contribution is 6.20. The van der Waals surface area contributed by atoms with E-state index < -0.39 is 0 Å². The summed E-state index contributed by atoms with van der Waals surface area (Å²) in [6, 6.07) is 0. The Labute approximate surface area is 118 Å². The number of hydrogen-bond acceptors (Lipinski definition) is 4. The van der Waals surface area contributed by atoms with Crippen LogP contribution in [0.1, 0.15) is 45.3 Å². The maximum absolute atomic E-state index is 6.27. The van der Waals surface area contributed by atoms with Gasteiger partial charge in [-0.1, -0.05) is 6.92 Å². The predicted molar refractivity (Wildman–Crippen MR) is 75.8 cm³/mol. The zero-order chi connectivity index (χ0) is 14.2. The number of fused-ring (bicyclic) bond motifs is 1. The Balaban J connectivity index is 2.82. The van der Waals surface area contributed by atoms with Crippen molar-refractivity contribution in [3.05, 3.63) is 12.2 Å². The Hall–Kier alpha value is -1.36. The first kappa shape index (κ1) is 14.1. The summed E-state index contributed by atoms with van der Waals surface area (Å²) >= 11 is 6.27. The highest BCUT2D eigenvalue weighted by Gasteiger charge is 2.28. The molecule has 0 aromatic carbocycles. The van der Waals surface area contributed by atoms with Gasteiger partial charge in [-0.05, 0) is 27.2 Å². The number of alkyl halides is 1. The Morgan fingerprint density at radius 3 is 2.63 bits per heavy atom. The van der Waals surface area contributed by atoms with Crippen molar-refractivity contribution in [2.75, 3.05) is 7.11 Å². The second kappa shape index (κ2) is 4.96. The van der Waals surface area contributed by atoms with Crippen LogP contribution in [-0.2, 0) is 5.54 Å².